The topological polar surface area (TPSA) is 0 Å². The minimum atomic E-state index is 0.516. The van der Waals surface area contributed by atoms with Crippen LogP contribution in [0.1, 0.15) is 71.9 Å². The number of hydrogen-bond acceptors (Lipinski definition) is 0. The number of aryl methyl sites for hydroxylation is 2. The Morgan fingerprint density at radius 3 is 2.17 bits per heavy atom. The first-order chi connectivity index (χ1) is 8.57. The van der Waals surface area contributed by atoms with E-state index in [2.05, 4.69) is 52.0 Å². The van der Waals surface area contributed by atoms with Gasteiger partial charge in [-0.2, -0.15) is 0 Å². The largest absolute Gasteiger partial charge is 0.0683 e. The van der Waals surface area contributed by atoms with Crippen LogP contribution in [-0.2, 0) is 12.8 Å². The molecule has 0 aliphatic rings. The molecule has 0 aliphatic carbocycles. The molecule has 0 saturated carbocycles. The minimum Gasteiger partial charge on any atom is -0.0683 e. The Morgan fingerprint density at radius 1 is 1.00 bits per heavy atom. The SMILES string of the molecule is CC.CCc1cccc(CCCC(C)(C)CC)c1. The van der Waals surface area contributed by atoms with Crippen LogP contribution in [0.15, 0.2) is 24.3 Å². The van der Waals surface area contributed by atoms with E-state index >= 15 is 0 Å². The summed E-state index contributed by atoms with van der Waals surface area (Å²) in [6.07, 6.45) is 6.31. The molecule has 1 aromatic rings. The van der Waals surface area contributed by atoms with Gasteiger partial charge in [-0.3, -0.25) is 0 Å². The van der Waals surface area contributed by atoms with Gasteiger partial charge < -0.3 is 0 Å². The monoisotopic (exact) mass is 248 g/mol. The minimum absolute atomic E-state index is 0.516. The standard InChI is InChI=1S/C16H26.C2H6/c1-5-14-9-7-10-15(13-14)11-8-12-16(3,4)6-2;1-2/h7,9-10,13H,5-6,8,11-12H2,1-4H3;1-2H3. The molecule has 0 unspecified atom stereocenters. The normalized spacial score (nSPS) is 10.8. The number of rotatable bonds is 6. The predicted octanol–water partition coefficient (Wildman–Crippen LogP) is 6.03. The van der Waals surface area contributed by atoms with E-state index in [1.54, 1.807) is 0 Å². The summed E-state index contributed by atoms with van der Waals surface area (Å²) in [5.41, 5.74) is 3.49. The highest BCUT2D eigenvalue weighted by molar-refractivity contribution is 5.23. The van der Waals surface area contributed by atoms with E-state index in [1.807, 2.05) is 13.8 Å². The van der Waals surface area contributed by atoms with E-state index in [0.29, 0.717) is 5.41 Å². The molecule has 104 valence electrons. The Kier molecular flexibility index (Phi) is 8.79. The summed E-state index contributed by atoms with van der Waals surface area (Å²) in [5.74, 6) is 0. The molecular weight excluding hydrogens is 216 g/mol. The van der Waals surface area contributed by atoms with E-state index in [4.69, 9.17) is 0 Å². The van der Waals surface area contributed by atoms with Gasteiger partial charge >= 0.3 is 0 Å². The van der Waals surface area contributed by atoms with Gasteiger partial charge in [-0.15, -0.1) is 0 Å². The fourth-order valence-electron chi connectivity index (χ4n) is 1.95. The van der Waals surface area contributed by atoms with Crippen LogP contribution in [0.3, 0.4) is 0 Å². The first kappa shape index (κ1) is 17.2. The van der Waals surface area contributed by atoms with Gasteiger partial charge in [0.15, 0.2) is 0 Å². The quantitative estimate of drug-likeness (QED) is 0.576. The molecule has 0 spiro atoms. The molecule has 0 bridgehead atoms. The van der Waals surface area contributed by atoms with E-state index < -0.39 is 0 Å². The maximum Gasteiger partial charge on any atom is -0.0279 e. The second-order valence-electron chi connectivity index (χ2n) is 5.54. The molecule has 0 aromatic heterocycles. The van der Waals surface area contributed by atoms with Crippen molar-refractivity contribution in [2.24, 2.45) is 5.41 Å². The lowest BCUT2D eigenvalue weighted by Gasteiger charge is -2.22. The van der Waals surface area contributed by atoms with Gasteiger partial charge in [0, 0.05) is 0 Å². The molecule has 0 N–H and O–H groups in total. The zero-order valence-corrected chi connectivity index (χ0v) is 13.3. The lowest BCUT2D eigenvalue weighted by molar-refractivity contribution is 0.313. The average Bonchev–Trinajstić information content (AvgIpc) is 2.41. The van der Waals surface area contributed by atoms with Crippen LogP contribution < -0.4 is 0 Å². The fourth-order valence-corrected chi connectivity index (χ4v) is 1.95. The van der Waals surface area contributed by atoms with Crippen LogP contribution in [0, 0.1) is 5.41 Å². The Bertz CT molecular complexity index is 310. The predicted molar refractivity (Wildman–Crippen MR) is 84.2 cm³/mol. The first-order valence-corrected chi connectivity index (χ1v) is 7.65. The lowest BCUT2D eigenvalue weighted by Crippen LogP contribution is -2.09. The van der Waals surface area contributed by atoms with E-state index in [1.165, 1.54) is 36.8 Å². The molecule has 0 saturated heterocycles. The van der Waals surface area contributed by atoms with Crippen molar-refractivity contribution < 1.29 is 0 Å². The van der Waals surface area contributed by atoms with Crippen LogP contribution in [0.2, 0.25) is 0 Å². The third kappa shape index (κ3) is 6.83. The van der Waals surface area contributed by atoms with Gasteiger partial charge in [0.25, 0.3) is 0 Å². The highest BCUT2D eigenvalue weighted by Crippen LogP contribution is 2.26. The van der Waals surface area contributed by atoms with Gasteiger partial charge in [0.1, 0.15) is 0 Å². The Hall–Kier alpha value is -0.780. The van der Waals surface area contributed by atoms with Crippen molar-refractivity contribution in [1.29, 1.82) is 0 Å². The molecular formula is C18H32. The van der Waals surface area contributed by atoms with Gasteiger partial charge in [0.2, 0.25) is 0 Å². The molecule has 18 heavy (non-hydrogen) atoms. The van der Waals surface area contributed by atoms with Crippen molar-refractivity contribution in [2.45, 2.75) is 73.6 Å². The van der Waals surface area contributed by atoms with E-state index in [-0.39, 0.29) is 0 Å². The maximum atomic E-state index is 2.37. The van der Waals surface area contributed by atoms with Crippen molar-refractivity contribution in [1.82, 2.24) is 0 Å². The fraction of sp³-hybridized carbons (Fsp3) is 0.667. The Balaban J connectivity index is 0.00000137. The zero-order valence-electron chi connectivity index (χ0n) is 13.3. The highest BCUT2D eigenvalue weighted by Gasteiger charge is 2.13. The Morgan fingerprint density at radius 2 is 1.61 bits per heavy atom. The average molecular weight is 248 g/mol. The summed E-state index contributed by atoms with van der Waals surface area (Å²) in [6.45, 7) is 13.3. The molecule has 0 amide bonds. The van der Waals surface area contributed by atoms with Crippen LogP contribution in [0.5, 0.6) is 0 Å². The van der Waals surface area contributed by atoms with Gasteiger partial charge in [-0.1, -0.05) is 72.2 Å². The number of benzene rings is 1. The molecule has 0 atom stereocenters. The molecule has 1 aromatic carbocycles. The highest BCUT2D eigenvalue weighted by atomic mass is 14.2. The van der Waals surface area contributed by atoms with Crippen molar-refractivity contribution in [3.8, 4) is 0 Å². The van der Waals surface area contributed by atoms with Gasteiger partial charge in [0.05, 0.1) is 0 Å². The lowest BCUT2D eigenvalue weighted by atomic mass is 9.84. The van der Waals surface area contributed by atoms with Crippen LogP contribution in [0.4, 0.5) is 0 Å². The second kappa shape index (κ2) is 9.19. The zero-order chi connectivity index (χ0) is 14.0. The summed E-state index contributed by atoms with van der Waals surface area (Å²) >= 11 is 0. The summed E-state index contributed by atoms with van der Waals surface area (Å²) in [4.78, 5) is 0. The van der Waals surface area contributed by atoms with Crippen molar-refractivity contribution in [3.05, 3.63) is 35.4 Å². The Labute approximate surface area is 115 Å². The molecule has 0 heteroatoms. The van der Waals surface area contributed by atoms with Crippen molar-refractivity contribution in [3.63, 3.8) is 0 Å². The van der Waals surface area contributed by atoms with Crippen molar-refractivity contribution in [2.75, 3.05) is 0 Å². The van der Waals surface area contributed by atoms with Gasteiger partial charge in [-0.25, -0.2) is 0 Å². The van der Waals surface area contributed by atoms with Gasteiger partial charge in [-0.05, 0) is 42.2 Å². The first-order valence-electron chi connectivity index (χ1n) is 7.65. The van der Waals surface area contributed by atoms with Crippen LogP contribution in [0.25, 0.3) is 0 Å². The smallest absolute Gasteiger partial charge is 0.0279 e. The van der Waals surface area contributed by atoms with E-state index in [0.717, 1.165) is 6.42 Å². The maximum absolute atomic E-state index is 2.37. The molecule has 0 radical (unpaired) electrons. The molecule has 1 rings (SSSR count). The van der Waals surface area contributed by atoms with E-state index in [9.17, 15) is 0 Å². The second-order valence-corrected chi connectivity index (χ2v) is 5.54. The van der Waals surface area contributed by atoms with Crippen molar-refractivity contribution >= 4 is 0 Å². The third-order valence-corrected chi connectivity index (χ3v) is 3.68. The molecule has 0 fully saturated rings. The van der Waals surface area contributed by atoms with Crippen LogP contribution >= 0.6 is 0 Å². The summed E-state index contributed by atoms with van der Waals surface area (Å²) < 4.78 is 0. The van der Waals surface area contributed by atoms with Crippen LogP contribution in [-0.4, -0.2) is 0 Å². The molecule has 0 nitrogen and oxygen atoms in total. The third-order valence-electron chi connectivity index (χ3n) is 3.68. The summed E-state index contributed by atoms with van der Waals surface area (Å²) in [7, 11) is 0. The summed E-state index contributed by atoms with van der Waals surface area (Å²) in [5, 5.41) is 0. The number of hydrogen-bond donors (Lipinski definition) is 0. The molecule has 0 aliphatic heterocycles. The summed E-state index contributed by atoms with van der Waals surface area (Å²) in [6, 6.07) is 9.04. The molecule has 0 heterocycles.